The molecule has 0 radical (unpaired) electrons. The Balaban J connectivity index is 1.79. The molecule has 0 saturated carbocycles. The van der Waals surface area contributed by atoms with Crippen LogP contribution >= 0.6 is 0 Å². The molecule has 0 amide bonds. The van der Waals surface area contributed by atoms with Gasteiger partial charge in [-0.2, -0.15) is 0 Å². The van der Waals surface area contributed by atoms with Gasteiger partial charge in [-0.1, -0.05) is 51.1 Å². The van der Waals surface area contributed by atoms with Crippen LogP contribution in [0.25, 0.3) is 0 Å². The van der Waals surface area contributed by atoms with E-state index in [0.29, 0.717) is 0 Å². The molecule has 1 fully saturated rings. The van der Waals surface area contributed by atoms with Crippen molar-refractivity contribution in [1.82, 2.24) is 14.9 Å². The lowest BCUT2D eigenvalue weighted by molar-refractivity contribution is -0.131. The Morgan fingerprint density at radius 3 is 2.38 bits per heavy atom. The minimum Gasteiger partial charge on any atom is -0.367 e. The third-order valence-corrected chi connectivity index (χ3v) is 4.55. The molecule has 0 unspecified atom stereocenters. The summed E-state index contributed by atoms with van der Waals surface area (Å²) >= 11 is 0. The fraction of sp³-hybridized carbons (Fsp3) is 0.500. The van der Waals surface area contributed by atoms with Crippen LogP contribution in [0.15, 0.2) is 42.7 Å². The van der Waals surface area contributed by atoms with E-state index < -0.39 is 0 Å². The van der Waals surface area contributed by atoms with Crippen LogP contribution in [-0.2, 0) is 11.3 Å². The summed E-state index contributed by atoms with van der Waals surface area (Å²) in [5, 5.41) is 0. The molecule has 1 aromatic carbocycles. The van der Waals surface area contributed by atoms with Crippen molar-refractivity contribution >= 4 is 0 Å². The summed E-state index contributed by atoms with van der Waals surface area (Å²) in [7, 11) is 0. The molecule has 1 aliphatic rings. The van der Waals surface area contributed by atoms with Crippen LogP contribution in [-0.4, -0.2) is 34.1 Å². The molecular formula is C20H27N3O. The molecule has 0 aliphatic carbocycles. The Morgan fingerprint density at radius 1 is 1.08 bits per heavy atom. The monoisotopic (exact) mass is 325 g/mol. The smallest absolute Gasteiger partial charge is 0.125 e. The molecule has 0 N–H and O–H groups in total. The highest BCUT2D eigenvalue weighted by Gasteiger charge is 2.35. The van der Waals surface area contributed by atoms with E-state index in [1.165, 1.54) is 5.56 Å². The summed E-state index contributed by atoms with van der Waals surface area (Å²) in [4.78, 5) is 11.1. The van der Waals surface area contributed by atoms with Gasteiger partial charge in [-0.15, -0.1) is 0 Å². The maximum atomic E-state index is 6.45. The Labute approximate surface area is 144 Å². The maximum absolute atomic E-state index is 6.45. The molecule has 0 bridgehead atoms. The van der Waals surface area contributed by atoms with E-state index >= 15 is 0 Å². The summed E-state index contributed by atoms with van der Waals surface area (Å²) in [6.45, 7) is 11.3. The molecule has 3 rings (SSSR count). The van der Waals surface area contributed by atoms with Gasteiger partial charge >= 0.3 is 0 Å². The van der Waals surface area contributed by atoms with E-state index in [2.05, 4.69) is 66.0 Å². The van der Waals surface area contributed by atoms with Gasteiger partial charge in [0.25, 0.3) is 0 Å². The van der Waals surface area contributed by atoms with Gasteiger partial charge in [0.15, 0.2) is 0 Å². The highest BCUT2D eigenvalue weighted by atomic mass is 16.5. The first-order chi connectivity index (χ1) is 11.4. The largest absolute Gasteiger partial charge is 0.367 e. The molecule has 1 aromatic heterocycles. The van der Waals surface area contributed by atoms with Gasteiger partial charge in [0.05, 0.1) is 12.2 Å². The number of hydrogen-bond acceptors (Lipinski definition) is 4. The summed E-state index contributed by atoms with van der Waals surface area (Å²) < 4.78 is 6.45. The summed E-state index contributed by atoms with van der Waals surface area (Å²) in [6.07, 6.45) is 4.17. The van der Waals surface area contributed by atoms with Crippen LogP contribution in [0.4, 0.5) is 0 Å². The lowest BCUT2D eigenvalue weighted by Gasteiger charge is -2.43. The van der Waals surface area contributed by atoms with E-state index in [9.17, 15) is 0 Å². The third kappa shape index (κ3) is 4.19. The fourth-order valence-electron chi connectivity index (χ4n) is 3.05. The van der Waals surface area contributed by atoms with Gasteiger partial charge in [-0.3, -0.25) is 4.90 Å². The normalized spacial score (nSPS) is 22.5. The van der Waals surface area contributed by atoms with Gasteiger partial charge in [0.1, 0.15) is 5.82 Å². The number of ether oxygens (including phenoxy) is 1. The molecule has 2 aromatic rings. The van der Waals surface area contributed by atoms with Gasteiger partial charge < -0.3 is 4.74 Å². The average Bonchev–Trinajstić information content (AvgIpc) is 2.57. The van der Waals surface area contributed by atoms with Crippen LogP contribution < -0.4 is 0 Å². The van der Waals surface area contributed by atoms with Crippen LogP contribution in [0.5, 0.6) is 0 Å². The number of aryl methyl sites for hydroxylation is 1. The average molecular weight is 325 g/mol. The molecule has 2 atom stereocenters. The number of rotatable bonds is 3. The van der Waals surface area contributed by atoms with E-state index in [-0.39, 0.29) is 17.6 Å². The molecule has 0 spiro atoms. The summed E-state index contributed by atoms with van der Waals surface area (Å²) in [6, 6.07) is 10.5. The summed E-state index contributed by atoms with van der Waals surface area (Å²) in [5.74, 6) is 0.815. The molecule has 24 heavy (non-hydrogen) atoms. The number of nitrogens with zero attached hydrogens (tertiary/aromatic N) is 3. The molecule has 1 saturated heterocycles. The first-order valence-electron chi connectivity index (χ1n) is 8.62. The van der Waals surface area contributed by atoms with Crippen molar-refractivity contribution < 1.29 is 4.74 Å². The molecule has 4 nitrogen and oxygen atoms in total. The Kier molecular flexibility index (Phi) is 4.97. The first kappa shape index (κ1) is 17.1. The minimum absolute atomic E-state index is 0.107. The Hall–Kier alpha value is -1.78. The maximum Gasteiger partial charge on any atom is 0.125 e. The van der Waals surface area contributed by atoms with Crippen LogP contribution in [0.2, 0.25) is 0 Å². The number of benzene rings is 1. The summed E-state index contributed by atoms with van der Waals surface area (Å²) in [5.41, 5.74) is 2.51. The zero-order valence-electron chi connectivity index (χ0n) is 15.1. The second-order valence-corrected chi connectivity index (χ2v) is 7.72. The molecule has 1 aliphatic heterocycles. The lowest BCUT2D eigenvalue weighted by atomic mass is 9.87. The molecule has 4 heteroatoms. The fourth-order valence-corrected chi connectivity index (χ4v) is 3.05. The second-order valence-electron chi connectivity index (χ2n) is 7.72. The third-order valence-electron chi connectivity index (χ3n) is 4.55. The van der Waals surface area contributed by atoms with Crippen LogP contribution in [0.3, 0.4) is 0 Å². The zero-order valence-corrected chi connectivity index (χ0v) is 15.1. The number of morpholine rings is 1. The standard InChI is InChI=1S/C20H27N3O/c1-15-21-10-16(11-22-15)12-23-13-18(17-8-6-5-7-9-17)24-19(14-23)20(2,3)4/h5-11,18-19H,12-14H2,1-4H3/t18-,19+/m0/s1. The van der Waals surface area contributed by atoms with Crippen molar-refractivity contribution in [3.63, 3.8) is 0 Å². The highest BCUT2D eigenvalue weighted by molar-refractivity contribution is 5.19. The molecule has 128 valence electrons. The first-order valence-corrected chi connectivity index (χ1v) is 8.62. The second kappa shape index (κ2) is 6.99. The van der Waals surface area contributed by atoms with Crippen molar-refractivity contribution in [2.75, 3.05) is 13.1 Å². The van der Waals surface area contributed by atoms with E-state index in [0.717, 1.165) is 31.0 Å². The number of aromatic nitrogens is 2. The predicted molar refractivity (Wildman–Crippen MR) is 95.6 cm³/mol. The van der Waals surface area contributed by atoms with Crippen molar-refractivity contribution in [2.45, 2.75) is 46.4 Å². The van der Waals surface area contributed by atoms with Gasteiger partial charge in [-0.25, -0.2) is 9.97 Å². The quantitative estimate of drug-likeness (QED) is 0.861. The van der Waals surface area contributed by atoms with Gasteiger partial charge in [0.2, 0.25) is 0 Å². The topological polar surface area (TPSA) is 38.2 Å². The SMILES string of the molecule is Cc1ncc(CN2C[C@@H](c3ccccc3)O[C@@H](C(C)(C)C)C2)cn1. The van der Waals surface area contributed by atoms with Crippen molar-refractivity contribution in [3.8, 4) is 0 Å². The number of hydrogen-bond donors (Lipinski definition) is 0. The van der Waals surface area contributed by atoms with Crippen LogP contribution in [0, 0.1) is 12.3 Å². The van der Waals surface area contributed by atoms with E-state index in [4.69, 9.17) is 4.74 Å². The Bertz CT molecular complexity index is 649. The Morgan fingerprint density at radius 2 is 1.75 bits per heavy atom. The van der Waals surface area contributed by atoms with Crippen LogP contribution in [0.1, 0.15) is 43.8 Å². The molecule has 2 heterocycles. The highest BCUT2D eigenvalue weighted by Crippen LogP contribution is 2.33. The predicted octanol–water partition coefficient (Wildman–Crippen LogP) is 3.77. The van der Waals surface area contributed by atoms with E-state index in [1.807, 2.05) is 19.3 Å². The van der Waals surface area contributed by atoms with E-state index in [1.54, 1.807) is 0 Å². The lowest BCUT2D eigenvalue weighted by Crippen LogP contribution is -2.48. The van der Waals surface area contributed by atoms with Crippen molar-refractivity contribution in [2.24, 2.45) is 5.41 Å². The van der Waals surface area contributed by atoms with Crippen molar-refractivity contribution in [1.29, 1.82) is 0 Å². The van der Waals surface area contributed by atoms with Crippen molar-refractivity contribution in [3.05, 3.63) is 59.7 Å². The van der Waals surface area contributed by atoms with Gasteiger partial charge in [-0.05, 0) is 17.9 Å². The molecular weight excluding hydrogens is 298 g/mol. The zero-order chi connectivity index (χ0) is 17.2. The minimum atomic E-state index is 0.107. The van der Waals surface area contributed by atoms with Gasteiger partial charge in [0, 0.05) is 37.6 Å².